The van der Waals surface area contributed by atoms with Crippen LogP contribution in [0.4, 0.5) is 5.69 Å². The first-order valence-electron chi connectivity index (χ1n) is 8.92. The van der Waals surface area contributed by atoms with Gasteiger partial charge in [0.2, 0.25) is 11.8 Å². The van der Waals surface area contributed by atoms with Crippen molar-refractivity contribution in [3.05, 3.63) is 29.8 Å². The molecule has 1 saturated heterocycles. The molecule has 0 radical (unpaired) electrons. The first-order chi connectivity index (χ1) is 11.6. The molecule has 24 heavy (non-hydrogen) atoms. The average Bonchev–Trinajstić information content (AvgIpc) is 2.60. The summed E-state index contributed by atoms with van der Waals surface area (Å²) in [5.74, 6) is 0.537. The van der Waals surface area contributed by atoms with Crippen molar-refractivity contribution in [1.29, 1.82) is 0 Å². The topological polar surface area (TPSA) is 61.4 Å². The maximum atomic E-state index is 12.2. The molecule has 1 aromatic carbocycles. The molecule has 0 saturated carbocycles. The number of likely N-dealkylation sites (N-methyl/N-ethyl adjacent to an activating group) is 1. The lowest BCUT2D eigenvalue weighted by Crippen LogP contribution is -2.35. The molecule has 5 heteroatoms. The lowest BCUT2D eigenvalue weighted by atomic mass is 9.93. The predicted molar refractivity (Wildman–Crippen MR) is 96.9 cm³/mol. The minimum Gasteiger partial charge on any atom is -0.336 e. The van der Waals surface area contributed by atoms with E-state index in [9.17, 15) is 9.59 Å². The Labute approximate surface area is 144 Å². The van der Waals surface area contributed by atoms with Gasteiger partial charge >= 0.3 is 0 Å². The van der Waals surface area contributed by atoms with Crippen molar-refractivity contribution in [3.8, 4) is 0 Å². The van der Waals surface area contributed by atoms with Crippen LogP contribution in [0.5, 0.6) is 0 Å². The number of aryl methyl sites for hydroxylation is 1. The van der Waals surface area contributed by atoms with Gasteiger partial charge < -0.3 is 15.5 Å². The molecule has 2 amide bonds. The Kier molecular flexibility index (Phi) is 7.25. The van der Waals surface area contributed by atoms with E-state index in [-0.39, 0.29) is 18.4 Å². The molecule has 0 aromatic heterocycles. The number of amides is 2. The summed E-state index contributed by atoms with van der Waals surface area (Å²) in [4.78, 5) is 25.9. The Balaban J connectivity index is 1.76. The highest BCUT2D eigenvalue weighted by molar-refractivity contribution is 5.95. The first-order valence-corrected chi connectivity index (χ1v) is 8.92. The summed E-state index contributed by atoms with van der Waals surface area (Å²) in [6.07, 6.45) is 4.60. The number of rotatable bonds is 7. The number of nitrogens with zero attached hydrogens (tertiary/aromatic N) is 1. The van der Waals surface area contributed by atoms with Crippen LogP contribution in [0.2, 0.25) is 0 Å². The van der Waals surface area contributed by atoms with E-state index >= 15 is 0 Å². The van der Waals surface area contributed by atoms with Gasteiger partial charge in [-0.2, -0.15) is 0 Å². The smallest absolute Gasteiger partial charge is 0.243 e. The van der Waals surface area contributed by atoms with Crippen LogP contribution in [0, 0.1) is 5.92 Å². The fourth-order valence-corrected chi connectivity index (χ4v) is 3.13. The second-order valence-corrected chi connectivity index (χ2v) is 6.54. The number of piperidine rings is 1. The largest absolute Gasteiger partial charge is 0.336 e. The van der Waals surface area contributed by atoms with Gasteiger partial charge in [0, 0.05) is 19.2 Å². The number of nitrogens with one attached hydrogen (secondary N) is 2. The highest BCUT2D eigenvalue weighted by atomic mass is 16.2. The number of benzene rings is 1. The summed E-state index contributed by atoms with van der Waals surface area (Å²) < 4.78 is 0. The third kappa shape index (κ3) is 5.64. The van der Waals surface area contributed by atoms with Gasteiger partial charge in [0.05, 0.1) is 6.54 Å². The summed E-state index contributed by atoms with van der Waals surface area (Å²) in [7, 11) is 1.70. The fourth-order valence-electron chi connectivity index (χ4n) is 3.13. The van der Waals surface area contributed by atoms with Gasteiger partial charge in [-0.25, -0.2) is 0 Å². The summed E-state index contributed by atoms with van der Waals surface area (Å²) >= 11 is 0. The van der Waals surface area contributed by atoms with E-state index in [1.807, 2.05) is 24.3 Å². The molecule has 0 bridgehead atoms. The lowest BCUT2D eigenvalue weighted by molar-refractivity contribution is -0.133. The number of hydrogen-bond donors (Lipinski definition) is 2. The molecule has 1 aliphatic heterocycles. The van der Waals surface area contributed by atoms with Crippen molar-refractivity contribution in [1.82, 2.24) is 10.2 Å². The monoisotopic (exact) mass is 331 g/mol. The van der Waals surface area contributed by atoms with Gasteiger partial charge in [0.25, 0.3) is 0 Å². The van der Waals surface area contributed by atoms with Crippen molar-refractivity contribution in [2.24, 2.45) is 5.92 Å². The molecule has 0 aliphatic carbocycles. The number of anilines is 1. The van der Waals surface area contributed by atoms with Crippen molar-refractivity contribution in [3.63, 3.8) is 0 Å². The molecule has 1 aromatic rings. The van der Waals surface area contributed by atoms with Crippen LogP contribution in [0.25, 0.3) is 0 Å². The highest BCUT2D eigenvalue weighted by Gasteiger charge is 2.18. The minimum absolute atomic E-state index is 0.0486. The van der Waals surface area contributed by atoms with Crippen LogP contribution in [-0.2, 0) is 16.0 Å². The van der Waals surface area contributed by atoms with E-state index in [1.165, 1.54) is 4.90 Å². The second kappa shape index (κ2) is 9.42. The van der Waals surface area contributed by atoms with Crippen LogP contribution >= 0.6 is 0 Å². The normalized spacial score (nSPS) is 15.1. The van der Waals surface area contributed by atoms with Crippen LogP contribution in [0.3, 0.4) is 0 Å². The van der Waals surface area contributed by atoms with Gasteiger partial charge in [0.15, 0.2) is 0 Å². The van der Waals surface area contributed by atoms with E-state index in [2.05, 4.69) is 17.6 Å². The van der Waals surface area contributed by atoms with E-state index < -0.39 is 0 Å². The number of carbonyl (C=O) groups is 2. The van der Waals surface area contributed by atoms with Gasteiger partial charge in [-0.3, -0.25) is 9.59 Å². The molecule has 1 heterocycles. The van der Waals surface area contributed by atoms with Crippen molar-refractivity contribution in [2.75, 3.05) is 32.0 Å². The molecular weight excluding hydrogens is 302 g/mol. The Bertz CT molecular complexity index is 553. The average molecular weight is 331 g/mol. The van der Waals surface area contributed by atoms with E-state index in [0.717, 1.165) is 50.0 Å². The highest BCUT2D eigenvalue weighted by Crippen LogP contribution is 2.18. The number of para-hydroxylation sites is 1. The standard InChI is InChI=1S/C19H29N3O2/c1-3-16-6-4-5-7-17(16)21-18(23)14-22(2)19(24)9-8-15-10-12-20-13-11-15/h4-7,15,20H,3,8-14H2,1-2H3,(H,21,23). The zero-order valence-electron chi connectivity index (χ0n) is 14.8. The summed E-state index contributed by atoms with van der Waals surface area (Å²) in [6.45, 7) is 4.26. The first kappa shape index (κ1) is 18.5. The molecule has 1 aliphatic rings. The second-order valence-electron chi connectivity index (χ2n) is 6.54. The number of hydrogen-bond acceptors (Lipinski definition) is 3. The SMILES string of the molecule is CCc1ccccc1NC(=O)CN(C)C(=O)CCC1CCNCC1. The zero-order chi connectivity index (χ0) is 17.4. The van der Waals surface area contributed by atoms with Gasteiger partial charge in [-0.1, -0.05) is 25.1 Å². The Morgan fingerprint density at radius 1 is 1.25 bits per heavy atom. The summed E-state index contributed by atoms with van der Waals surface area (Å²) in [5, 5.41) is 6.25. The molecule has 5 nitrogen and oxygen atoms in total. The Morgan fingerprint density at radius 3 is 2.67 bits per heavy atom. The van der Waals surface area contributed by atoms with Gasteiger partial charge in [-0.05, 0) is 56.3 Å². The molecule has 2 N–H and O–H groups in total. The van der Waals surface area contributed by atoms with Crippen LogP contribution in [0.15, 0.2) is 24.3 Å². The molecular formula is C19H29N3O2. The lowest BCUT2D eigenvalue weighted by Gasteiger charge is -2.23. The molecule has 132 valence electrons. The molecule has 0 spiro atoms. The maximum Gasteiger partial charge on any atom is 0.243 e. The molecule has 0 unspecified atom stereocenters. The molecule has 0 atom stereocenters. The van der Waals surface area contributed by atoms with Crippen LogP contribution < -0.4 is 10.6 Å². The minimum atomic E-state index is -0.145. The quantitative estimate of drug-likeness (QED) is 0.807. The van der Waals surface area contributed by atoms with Gasteiger partial charge in [-0.15, -0.1) is 0 Å². The van der Waals surface area contributed by atoms with E-state index in [1.54, 1.807) is 7.05 Å². The van der Waals surface area contributed by atoms with Crippen molar-refractivity contribution in [2.45, 2.75) is 39.0 Å². The Hall–Kier alpha value is -1.88. The third-order valence-corrected chi connectivity index (χ3v) is 4.70. The van der Waals surface area contributed by atoms with Crippen LogP contribution in [-0.4, -0.2) is 43.4 Å². The van der Waals surface area contributed by atoms with Crippen molar-refractivity contribution >= 4 is 17.5 Å². The third-order valence-electron chi connectivity index (χ3n) is 4.70. The Morgan fingerprint density at radius 2 is 1.96 bits per heavy atom. The molecule has 2 rings (SSSR count). The zero-order valence-corrected chi connectivity index (χ0v) is 14.8. The van der Waals surface area contributed by atoms with E-state index in [0.29, 0.717) is 12.3 Å². The van der Waals surface area contributed by atoms with Crippen molar-refractivity contribution < 1.29 is 9.59 Å². The van der Waals surface area contributed by atoms with E-state index in [4.69, 9.17) is 0 Å². The predicted octanol–water partition coefficient (Wildman–Crippen LogP) is 2.43. The fraction of sp³-hybridized carbons (Fsp3) is 0.579. The summed E-state index contributed by atoms with van der Waals surface area (Å²) in [6, 6.07) is 7.77. The summed E-state index contributed by atoms with van der Waals surface area (Å²) in [5.41, 5.74) is 1.94. The maximum absolute atomic E-state index is 12.2. The van der Waals surface area contributed by atoms with Gasteiger partial charge in [0.1, 0.15) is 0 Å². The number of carbonyl (C=O) groups excluding carboxylic acids is 2. The van der Waals surface area contributed by atoms with Crippen LogP contribution in [0.1, 0.15) is 38.2 Å². The molecule has 1 fully saturated rings.